The van der Waals surface area contributed by atoms with Gasteiger partial charge in [-0.25, -0.2) is 9.59 Å². The number of hydrogen-bond acceptors (Lipinski definition) is 4. The molecule has 0 amide bonds. The van der Waals surface area contributed by atoms with Gasteiger partial charge in [-0.2, -0.15) is 18.3 Å². The van der Waals surface area contributed by atoms with Crippen LogP contribution < -0.4 is 5.32 Å². The average molecular weight is 408 g/mol. The number of nitrogens with one attached hydrogen (secondary N) is 1. The lowest BCUT2D eigenvalue weighted by molar-refractivity contribution is -0.192. The molecule has 0 unspecified atom stereocenters. The summed E-state index contributed by atoms with van der Waals surface area (Å²) < 4.78 is 33.5. The van der Waals surface area contributed by atoms with Gasteiger partial charge in [-0.05, 0) is 24.6 Å². The van der Waals surface area contributed by atoms with Crippen molar-refractivity contribution in [2.75, 3.05) is 5.32 Å². The van der Waals surface area contributed by atoms with E-state index in [4.69, 9.17) is 26.6 Å². The van der Waals surface area contributed by atoms with Crippen LogP contribution in [0, 0.1) is 0 Å². The fraction of sp³-hybridized carbons (Fsp3) is 0.312. The second-order valence-corrected chi connectivity index (χ2v) is 5.69. The number of benzene rings is 1. The maximum Gasteiger partial charge on any atom is 0.490 e. The highest BCUT2D eigenvalue weighted by molar-refractivity contribution is 6.33. The lowest BCUT2D eigenvalue weighted by atomic mass is 10.1. The SMILES string of the molecule is CCc1nn(C)cc1CNc1ccc(Cl)c(C(=O)O)c1.O=C(O)C(F)(F)F. The van der Waals surface area contributed by atoms with Gasteiger partial charge in [0.15, 0.2) is 0 Å². The summed E-state index contributed by atoms with van der Waals surface area (Å²) in [4.78, 5) is 19.9. The molecule has 0 aliphatic carbocycles. The standard InChI is InChI=1S/C14H16ClN3O2.C2HF3O2/c1-3-13-9(8-18(2)17-13)7-16-10-4-5-12(15)11(6-10)14(19)20;3-2(4,5)1(6)7/h4-6,8,16H,3,7H2,1-2H3,(H,19,20);(H,6,7). The van der Waals surface area contributed by atoms with Gasteiger partial charge in [-0.15, -0.1) is 0 Å². The van der Waals surface area contributed by atoms with Crippen molar-refractivity contribution in [3.05, 3.63) is 46.2 Å². The largest absolute Gasteiger partial charge is 0.490 e. The monoisotopic (exact) mass is 407 g/mol. The molecule has 0 aliphatic heterocycles. The van der Waals surface area contributed by atoms with Gasteiger partial charge >= 0.3 is 18.1 Å². The van der Waals surface area contributed by atoms with Crippen molar-refractivity contribution in [3.63, 3.8) is 0 Å². The van der Waals surface area contributed by atoms with Crippen LogP contribution in [0.3, 0.4) is 0 Å². The van der Waals surface area contributed by atoms with Crippen LogP contribution in [0.2, 0.25) is 5.02 Å². The number of alkyl halides is 3. The third kappa shape index (κ3) is 6.81. The summed E-state index contributed by atoms with van der Waals surface area (Å²) in [6.07, 6.45) is -2.27. The first kappa shape index (κ1) is 22.3. The molecule has 2 aromatic rings. The van der Waals surface area contributed by atoms with E-state index in [1.54, 1.807) is 16.8 Å². The second kappa shape index (κ2) is 9.26. The Morgan fingerprint density at radius 3 is 2.37 bits per heavy atom. The highest BCUT2D eigenvalue weighted by Crippen LogP contribution is 2.21. The number of aryl methyl sites for hydroxylation is 2. The number of hydrogen-bond donors (Lipinski definition) is 3. The number of carboxylic acids is 2. The van der Waals surface area contributed by atoms with Crippen LogP contribution in [0.5, 0.6) is 0 Å². The average Bonchev–Trinajstić information content (AvgIpc) is 2.93. The maximum atomic E-state index is 11.0. The molecule has 0 spiro atoms. The predicted octanol–water partition coefficient (Wildman–Crippen LogP) is 3.58. The van der Waals surface area contributed by atoms with Crippen molar-refractivity contribution in [1.29, 1.82) is 0 Å². The molecule has 1 aromatic heterocycles. The Labute approximate surface area is 157 Å². The summed E-state index contributed by atoms with van der Waals surface area (Å²) in [7, 11) is 1.88. The van der Waals surface area contributed by atoms with E-state index >= 15 is 0 Å². The van der Waals surface area contributed by atoms with E-state index in [1.807, 2.05) is 13.2 Å². The quantitative estimate of drug-likeness (QED) is 0.699. The molecule has 1 heterocycles. The summed E-state index contributed by atoms with van der Waals surface area (Å²) in [5.74, 6) is -3.79. The van der Waals surface area contributed by atoms with Gasteiger partial charge in [0.05, 0.1) is 16.3 Å². The number of nitrogens with zero attached hydrogens (tertiary/aromatic N) is 2. The van der Waals surface area contributed by atoms with Crippen molar-refractivity contribution < 1.29 is 33.0 Å². The van der Waals surface area contributed by atoms with Crippen molar-refractivity contribution >= 4 is 29.2 Å². The van der Waals surface area contributed by atoms with Crippen molar-refractivity contribution in [2.45, 2.75) is 26.1 Å². The molecule has 27 heavy (non-hydrogen) atoms. The predicted molar refractivity (Wildman–Crippen MR) is 92.0 cm³/mol. The van der Waals surface area contributed by atoms with Crippen LogP contribution in [0.15, 0.2) is 24.4 Å². The van der Waals surface area contributed by atoms with E-state index in [1.165, 1.54) is 6.07 Å². The third-order valence-corrected chi connectivity index (χ3v) is 3.58. The van der Waals surface area contributed by atoms with E-state index in [9.17, 15) is 18.0 Å². The molecule has 0 atom stereocenters. The summed E-state index contributed by atoms with van der Waals surface area (Å²) in [6.45, 7) is 2.65. The van der Waals surface area contributed by atoms with E-state index in [0.717, 1.165) is 23.4 Å². The number of aromatic nitrogens is 2. The number of halogens is 4. The number of aromatic carboxylic acids is 1. The molecule has 0 aliphatic rings. The Balaban J connectivity index is 0.000000445. The lowest BCUT2D eigenvalue weighted by Crippen LogP contribution is -2.21. The minimum absolute atomic E-state index is 0.0959. The molecule has 148 valence electrons. The van der Waals surface area contributed by atoms with Crippen LogP contribution in [0.4, 0.5) is 18.9 Å². The number of rotatable bonds is 5. The van der Waals surface area contributed by atoms with Gasteiger partial charge in [0.25, 0.3) is 0 Å². The zero-order valence-corrected chi connectivity index (χ0v) is 15.1. The molecule has 0 bridgehead atoms. The van der Waals surface area contributed by atoms with Crippen LogP contribution in [0.25, 0.3) is 0 Å². The van der Waals surface area contributed by atoms with E-state index in [0.29, 0.717) is 6.54 Å². The number of anilines is 1. The van der Waals surface area contributed by atoms with Gasteiger partial charge in [-0.1, -0.05) is 18.5 Å². The first-order valence-corrected chi connectivity index (χ1v) is 7.91. The first-order chi connectivity index (χ1) is 12.5. The molecule has 11 heteroatoms. The topological polar surface area (TPSA) is 104 Å². The molecule has 0 radical (unpaired) electrons. The molecule has 7 nitrogen and oxygen atoms in total. The summed E-state index contributed by atoms with van der Waals surface area (Å²) in [5, 5.41) is 24.0. The Morgan fingerprint density at radius 1 is 1.30 bits per heavy atom. The van der Waals surface area contributed by atoms with Crippen molar-refractivity contribution in [3.8, 4) is 0 Å². The summed E-state index contributed by atoms with van der Waals surface area (Å²) in [6, 6.07) is 4.88. The number of aliphatic carboxylic acids is 1. The Kier molecular flexibility index (Phi) is 7.65. The summed E-state index contributed by atoms with van der Waals surface area (Å²) >= 11 is 5.84. The summed E-state index contributed by atoms with van der Waals surface area (Å²) in [5.41, 5.74) is 2.95. The fourth-order valence-electron chi connectivity index (χ4n) is 2.03. The van der Waals surface area contributed by atoms with Gasteiger partial charge in [0.1, 0.15) is 0 Å². The van der Waals surface area contributed by atoms with Crippen molar-refractivity contribution in [1.82, 2.24) is 9.78 Å². The van der Waals surface area contributed by atoms with Gasteiger partial charge in [0, 0.05) is 31.0 Å². The zero-order chi connectivity index (χ0) is 20.8. The normalized spacial score (nSPS) is 10.7. The van der Waals surface area contributed by atoms with Gasteiger partial charge < -0.3 is 15.5 Å². The van der Waals surface area contributed by atoms with Crippen LogP contribution in [-0.2, 0) is 24.8 Å². The molecular weight excluding hydrogens is 391 g/mol. The first-order valence-electron chi connectivity index (χ1n) is 7.53. The molecule has 0 fully saturated rings. The van der Waals surface area contributed by atoms with Gasteiger partial charge in [0.2, 0.25) is 0 Å². The molecule has 0 saturated heterocycles. The van der Waals surface area contributed by atoms with E-state index in [-0.39, 0.29) is 10.6 Å². The van der Waals surface area contributed by atoms with Crippen molar-refractivity contribution in [2.24, 2.45) is 7.05 Å². The number of carbonyl (C=O) groups is 2. The smallest absolute Gasteiger partial charge is 0.478 e. The Bertz CT molecular complexity index is 822. The molecule has 0 saturated carbocycles. The Hall–Kier alpha value is -2.75. The van der Waals surface area contributed by atoms with Gasteiger partial charge in [-0.3, -0.25) is 4.68 Å². The van der Waals surface area contributed by atoms with E-state index < -0.39 is 18.1 Å². The molecular formula is C16H17ClF3N3O4. The minimum Gasteiger partial charge on any atom is -0.478 e. The number of carboxylic acid groups (broad SMARTS) is 2. The van der Waals surface area contributed by atoms with Crippen LogP contribution >= 0.6 is 11.6 Å². The van der Waals surface area contributed by atoms with E-state index in [2.05, 4.69) is 17.3 Å². The molecule has 1 aromatic carbocycles. The third-order valence-electron chi connectivity index (χ3n) is 3.25. The highest BCUT2D eigenvalue weighted by Gasteiger charge is 2.38. The fourth-order valence-corrected chi connectivity index (χ4v) is 2.22. The molecule has 2 rings (SSSR count). The zero-order valence-electron chi connectivity index (χ0n) is 14.3. The molecule has 3 N–H and O–H groups in total. The maximum absolute atomic E-state index is 11.0. The lowest BCUT2D eigenvalue weighted by Gasteiger charge is -2.08. The minimum atomic E-state index is -5.08. The Morgan fingerprint density at radius 2 is 1.89 bits per heavy atom. The second-order valence-electron chi connectivity index (χ2n) is 5.28. The van der Waals surface area contributed by atoms with Crippen LogP contribution in [-0.4, -0.2) is 38.1 Å². The van der Waals surface area contributed by atoms with Crippen LogP contribution in [0.1, 0.15) is 28.5 Å². The highest BCUT2D eigenvalue weighted by atomic mass is 35.5.